The maximum absolute atomic E-state index is 11.7. The number of ether oxygens (including phenoxy) is 1. The Kier molecular flexibility index (Phi) is 5.63. The van der Waals surface area contributed by atoms with E-state index in [0.29, 0.717) is 12.2 Å². The van der Waals surface area contributed by atoms with Gasteiger partial charge in [-0.1, -0.05) is 54.2 Å². The lowest BCUT2D eigenvalue weighted by Crippen LogP contribution is -2.25. The van der Waals surface area contributed by atoms with Crippen molar-refractivity contribution in [1.29, 1.82) is 0 Å². The maximum atomic E-state index is 11.7. The van der Waals surface area contributed by atoms with Crippen LogP contribution < -0.4 is 10.1 Å². The average molecular weight is 369 g/mol. The predicted octanol–water partition coefficient (Wildman–Crippen LogP) is 3.55. The summed E-state index contributed by atoms with van der Waals surface area (Å²) in [4.78, 5) is 22.9. The summed E-state index contributed by atoms with van der Waals surface area (Å²) in [6.07, 6.45) is 5.27. The number of amides is 2. The molecule has 0 bridgehead atoms. The number of methoxy groups -OCH3 is 1. The van der Waals surface area contributed by atoms with Crippen LogP contribution in [0, 0.1) is 0 Å². The lowest BCUT2D eigenvalue weighted by atomic mass is 10.0. The van der Waals surface area contributed by atoms with E-state index < -0.39 is 0 Å². The fraction of sp³-hybridized carbons (Fsp3) is 0.200. The van der Waals surface area contributed by atoms with Gasteiger partial charge in [-0.2, -0.15) is 0 Å². The van der Waals surface area contributed by atoms with Gasteiger partial charge in [0.1, 0.15) is 0 Å². The van der Waals surface area contributed by atoms with Crippen LogP contribution in [0.25, 0.3) is 6.08 Å². The van der Waals surface area contributed by atoms with Crippen LogP contribution >= 0.6 is 11.8 Å². The molecule has 0 saturated carbocycles. The Morgan fingerprint density at radius 2 is 2.00 bits per heavy atom. The van der Waals surface area contributed by atoms with Crippen molar-refractivity contribution < 1.29 is 19.4 Å². The van der Waals surface area contributed by atoms with Crippen LogP contribution in [0.3, 0.4) is 0 Å². The minimum absolute atomic E-state index is 0.115. The average Bonchev–Trinajstić information content (AvgIpc) is 2.94. The third-order valence-electron chi connectivity index (χ3n) is 4.05. The zero-order chi connectivity index (χ0) is 18.5. The molecule has 3 rings (SSSR count). The second-order valence-corrected chi connectivity index (χ2v) is 7.12. The minimum atomic E-state index is -0.349. The lowest BCUT2D eigenvalue weighted by Gasteiger charge is -2.07. The molecule has 1 saturated heterocycles. The Labute approximate surface area is 156 Å². The number of thioether (sulfide) groups is 1. The molecule has 2 aromatic carbocycles. The van der Waals surface area contributed by atoms with E-state index in [1.807, 2.05) is 36.4 Å². The van der Waals surface area contributed by atoms with Crippen molar-refractivity contribution >= 4 is 29.0 Å². The second-order valence-electron chi connectivity index (χ2n) is 5.95. The van der Waals surface area contributed by atoms with Gasteiger partial charge in [0.2, 0.25) is 5.91 Å². The van der Waals surface area contributed by atoms with Crippen molar-refractivity contribution in [2.75, 3.05) is 7.11 Å². The molecule has 26 heavy (non-hydrogen) atoms. The molecule has 2 N–H and O–H groups in total. The van der Waals surface area contributed by atoms with Crippen LogP contribution in [0.4, 0.5) is 4.79 Å². The highest BCUT2D eigenvalue weighted by Crippen LogP contribution is 2.27. The number of carbonyl (C=O) groups excluding carboxylic acids is 2. The predicted molar refractivity (Wildman–Crippen MR) is 102 cm³/mol. The Balaban J connectivity index is 1.63. The van der Waals surface area contributed by atoms with Crippen molar-refractivity contribution in [1.82, 2.24) is 5.32 Å². The van der Waals surface area contributed by atoms with Crippen molar-refractivity contribution in [2.24, 2.45) is 0 Å². The monoisotopic (exact) mass is 369 g/mol. The van der Waals surface area contributed by atoms with Gasteiger partial charge in [-0.25, -0.2) is 0 Å². The number of carbonyl (C=O) groups is 2. The van der Waals surface area contributed by atoms with E-state index in [4.69, 9.17) is 4.74 Å². The number of hydrogen-bond acceptors (Lipinski definition) is 5. The molecule has 2 amide bonds. The Morgan fingerprint density at radius 1 is 1.19 bits per heavy atom. The summed E-state index contributed by atoms with van der Waals surface area (Å²) in [6, 6.07) is 13.2. The van der Waals surface area contributed by atoms with E-state index in [-0.39, 0.29) is 22.1 Å². The summed E-state index contributed by atoms with van der Waals surface area (Å²) in [5.74, 6) is 0.340. The smallest absolute Gasteiger partial charge is 0.286 e. The number of phenolic OH excluding ortho intramolecular Hbond substituents is 1. The fourth-order valence-electron chi connectivity index (χ4n) is 2.75. The number of imide groups is 1. The van der Waals surface area contributed by atoms with Crippen LogP contribution in [0.5, 0.6) is 11.5 Å². The van der Waals surface area contributed by atoms with E-state index >= 15 is 0 Å². The third-order valence-corrected chi connectivity index (χ3v) is 5.03. The quantitative estimate of drug-likeness (QED) is 0.814. The van der Waals surface area contributed by atoms with Crippen molar-refractivity contribution in [3.63, 3.8) is 0 Å². The molecule has 1 aliphatic heterocycles. The number of nitrogens with one attached hydrogen (secondary N) is 1. The summed E-state index contributed by atoms with van der Waals surface area (Å²) in [5.41, 5.74) is 3.09. The lowest BCUT2D eigenvalue weighted by molar-refractivity contribution is -0.118. The highest BCUT2D eigenvalue weighted by Gasteiger charge is 2.31. The molecular formula is C20H19NO4S. The van der Waals surface area contributed by atoms with Gasteiger partial charge in [0.05, 0.1) is 12.4 Å². The zero-order valence-corrected chi connectivity index (χ0v) is 15.1. The summed E-state index contributed by atoms with van der Waals surface area (Å²) in [6.45, 7) is 0. The highest BCUT2D eigenvalue weighted by molar-refractivity contribution is 8.15. The molecule has 1 heterocycles. The van der Waals surface area contributed by atoms with Crippen LogP contribution in [0.2, 0.25) is 0 Å². The van der Waals surface area contributed by atoms with Gasteiger partial charge in [0.25, 0.3) is 5.24 Å². The maximum Gasteiger partial charge on any atom is 0.286 e. The molecule has 0 radical (unpaired) electrons. The van der Waals surface area contributed by atoms with Gasteiger partial charge in [-0.05, 0) is 41.7 Å². The van der Waals surface area contributed by atoms with Crippen LogP contribution in [0.1, 0.15) is 16.7 Å². The topological polar surface area (TPSA) is 75.6 Å². The van der Waals surface area contributed by atoms with Crippen LogP contribution in [-0.4, -0.2) is 28.6 Å². The fourth-order valence-corrected chi connectivity index (χ4v) is 3.61. The molecule has 1 aliphatic rings. The minimum Gasteiger partial charge on any atom is -0.504 e. The van der Waals surface area contributed by atoms with Gasteiger partial charge in [-0.15, -0.1) is 0 Å². The molecule has 2 aromatic rings. The Hall–Kier alpha value is -2.73. The number of aromatic hydroxyl groups is 1. The standard InChI is InChI=1S/C20H19NO4S/c1-25-17-11-14(8-9-16(17)22)6-2-4-13-5-3-7-15(10-13)12-18-19(23)21-20(24)26-18/h2-3,5-11,18,22H,4,12H2,1H3,(H,21,23,24)/b6-2+. The summed E-state index contributed by atoms with van der Waals surface area (Å²) in [7, 11) is 1.52. The van der Waals surface area contributed by atoms with E-state index in [9.17, 15) is 14.7 Å². The number of hydrogen-bond donors (Lipinski definition) is 2. The van der Waals surface area contributed by atoms with Gasteiger partial charge in [0.15, 0.2) is 11.5 Å². The molecule has 0 aromatic heterocycles. The SMILES string of the molecule is COc1cc(/C=C/Cc2cccc(CC3SC(=O)NC3=O)c2)ccc1O. The molecule has 134 valence electrons. The molecule has 1 unspecified atom stereocenters. The van der Waals surface area contributed by atoms with Crippen molar-refractivity contribution in [3.8, 4) is 11.5 Å². The first-order valence-corrected chi connectivity index (χ1v) is 9.06. The normalized spacial score (nSPS) is 16.9. The first-order valence-electron chi connectivity index (χ1n) is 8.18. The molecule has 0 aliphatic carbocycles. The number of phenols is 1. The van der Waals surface area contributed by atoms with Gasteiger partial charge in [-0.3, -0.25) is 14.9 Å². The van der Waals surface area contributed by atoms with Crippen molar-refractivity contribution in [2.45, 2.75) is 18.1 Å². The highest BCUT2D eigenvalue weighted by atomic mass is 32.2. The molecule has 1 fully saturated rings. The summed E-state index contributed by atoms with van der Waals surface area (Å²) >= 11 is 1.05. The van der Waals surface area contributed by atoms with Gasteiger partial charge in [0, 0.05) is 0 Å². The van der Waals surface area contributed by atoms with E-state index in [1.165, 1.54) is 7.11 Å². The first kappa shape index (κ1) is 18.1. The molecular weight excluding hydrogens is 350 g/mol. The third kappa shape index (κ3) is 4.46. The van der Waals surface area contributed by atoms with Gasteiger partial charge < -0.3 is 9.84 Å². The number of allylic oxidation sites excluding steroid dienone is 1. The Bertz CT molecular complexity index is 863. The molecule has 5 nitrogen and oxygen atoms in total. The van der Waals surface area contributed by atoms with Gasteiger partial charge >= 0.3 is 0 Å². The number of benzene rings is 2. The van der Waals surface area contributed by atoms with E-state index in [1.54, 1.807) is 12.1 Å². The zero-order valence-electron chi connectivity index (χ0n) is 14.3. The largest absolute Gasteiger partial charge is 0.504 e. The van der Waals surface area contributed by atoms with Crippen molar-refractivity contribution in [3.05, 3.63) is 65.2 Å². The Morgan fingerprint density at radius 3 is 2.73 bits per heavy atom. The van der Waals surface area contributed by atoms with E-state index in [2.05, 4.69) is 11.4 Å². The molecule has 1 atom stereocenters. The summed E-state index contributed by atoms with van der Waals surface area (Å²) in [5, 5.41) is 11.3. The molecule has 0 spiro atoms. The molecule has 6 heteroatoms. The van der Waals surface area contributed by atoms with Crippen LogP contribution in [-0.2, 0) is 17.6 Å². The van der Waals surface area contributed by atoms with E-state index in [0.717, 1.165) is 34.9 Å². The summed E-state index contributed by atoms with van der Waals surface area (Å²) < 4.78 is 5.10. The first-order chi connectivity index (χ1) is 12.5. The van der Waals surface area contributed by atoms with Crippen LogP contribution in [0.15, 0.2) is 48.5 Å². The second kappa shape index (κ2) is 8.10. The number of rotatable bonds is 6.